The Labute approximate surface area is 220 Å². The topological polar surface area (TPSA) is 0 Å². The first-order valence-corrected chi connectivity index (χ1v) is 16.2. The second kappa shape index (κ2) is 8.25. The lowest BCUT2D eigenvalue weighted by atomic mass is 9.34. The molecule has 0 bridgehead atoms. The Balaban J connectivity index is 1.62. The SMILES string of the molecule is CCC1C(C)C(C(C)C)C2C3C4C(C)C5C(C)C(CC(C)C)CCC5C(C)C4(C)C(C)C1(C)C23C. The lowest BCUT2D eigenvalue weighted by Gasteiger charge is -2.70. The van der Waals surface area contributed by atoms with Gasteiger partial charge in [0.15, 0.2) is 0 Å². The molecule has 5 aliphatic carbocycles. The molecule has 0 amide bonds. The van der Waals surface area contributed by atoms with Crippen LogP contribution in [0.2, 0.25) is 0 Å². The Morgan fingerprint density at radius 3 is 1.91 bits per heavy atom. The van der Waals surface area contributed by atoms with Crippen LogP contribution in [0.5, 0.6) is 0 Å². The van der Waals surface area contributed by atoms with E-state index in [1.165, 1.54) is 25.7 Å². The average molecular weight is 483 g/mol. The van der Waals surface area contributed by atoms with Crippen LogP contribution in [0, 0.1) is 105 Å². The number of hydrogen-bond donors (Lipinski definition) is 0. The van der Waals surface area contributed by atoms with Crippen molar-refractivity contribution in [3.8, 4) is 0 Å². The van der Waals surface area contributed by atoms with E-state index in [1.807, 2.05) is 0 Å². The maximum Gasteiger partial charge on any atom is -0.0198 e. The van der Waals surface area contributed by atoms with Crippen LogP contribution in [0.15, 0.2) is 0 Å². The molecule has 16 atom stereocenters. The maximum absolute atomic E-state index is 2.84. The summed E-state index contributed by atoms with van der Waals surface area (Å²) in [6.07, 6.45) is 5.84. The van der Waals surface area contributed by atoms with Crippen LogP contribution < -0.4 is 0 Å². The summed E-state index contributed by atoms with van der Waals surface area (Å²) in [6, 6.07) is 0. The first kappa shape index (κ1) is 26.6. The molecule has 5 rings (SSSR count). The van der Waals surface area contributed by atoms with Crippen LogP contribution >= 0.6 is 0 Å². The molecule has 0 N–H and O–H groups in total. The summed E-state index contributed by atoms with van der Waals surface area (Å²) in [5, 5.41) is 0. The molecule has 5 aliphatic rings. The van der Waals surface area contributed by atoms with Gasteiger partial charge in [-0.15, -0.1) is 0 Å². The van der Waals surface area contributed by atoms with Gasteiger partial charge in [-0.05, 0) is 124 Å². The van der Waals surface area contributed by atoms with E-state index in [0.29, 0.717) is 16.2 Å². The Morgan fingerprint density at radius 2 is 1.37 bits per heavy atom. The summed E-state index contributed by atoms with van der Waals surface area (Å²) < 4.78 is 0. The molecule has 0 aromatic heterocycles. The molecular weight excluding hydrogens is 420 g/mol. The zero-order valence-electron chi connectivity index (χ0n) is 26.0. The molecule has 0 spiro atoms. The fraction of sp³-hybridized carbons (Fsp3) is 1.00. The molecule has 0 aliphatic heterocycles. The first-order chi connectivity index (χ1) is 16.2. The van der Waals surface area contributed by atoms with Gasteiger partial charge in [-0.3, -0.25) is 0 Å². The molecule has 0 heterocycles. The van der Waals surface area contributed by atoms with E-state index in [0.717, 1.165) is 88.8 Å². The molecular formula is C35H62. The van der Waals surface area contributed by atoms with Crippen molar-refractivity contribution in [3.05, 3.63) is 0 Å². The Morgan fingerprint density at radius 1 is 0.743 bits per heavy atom. The van der Waals surface area contributed by atoms with Crippen molar-refractivity contribution in [2.75, 3.05) is 0 Å². The van der Waals surface area contributed by atoms with E-state index in [-0.39, 0.29) is 0 Å². The van der Waals surface area contributed by atoms with Gasteiger partial charge < -0.3 is 0 Å². The van der Waals surface area contributed by atoms with E-state index in [1.54, 1.807) is 0 Å². The minimum absolute atomic E-state index is 0.494. The highest BCUT2D eigenvalue weighted by molar-refractivity contribution is 5.32. The second-order valence-corrected chi connectivity index (χ2v) is 16.6. The molecule has 0 aromatic carbocycles. The standard InChI is InChI=1S/C35H62/c1-14-27-21(7)28(19(4)5)31-32-30-22(8)29-20(6)25(17-18(2)3)15-16-26(29)23(9)33(30,11)24(10)34(27,12)35(31,32)13/h18-32H,14-17H2,1-13H3. The smallest absolute Gasteiger partial charge is 0.0198 e. The minimum atomic E-state index is 0.494. The van der Waals surface area contributed by atoms with Gasteiger partial charge in [0.1, 0.15) is 0 Å². The van der Waals surface area contributed by atoms with Crippen LogP contribution in [0.25, 0.3) is 0 Å². The predicted molar refractivity (Wildman–Crippen MR) is 152 cm³/mol. The van der Waals surface area contributed by atoms with Gasteiger partial charge in [0, 0.05) is 0 Å². The molecule has 5 saturated carbocycles. The minimum Gasteiger partial charge on any atom is -0.0651 e. The summed E-state index contributed by atoms with van der Waals surface area (Å²) in [6.45, 7) is 34.7. The summed E-state index contributed by atoms with van der Waals surface area (Å²) >= 11 is 0. The molecule has 0 nitrogen and oxygen atoms in total. The van der Waals surface area contributed by atoms with Gasteiger partial charge in [-0.25, -0.2) is 0 Å². The van der Waals surface area contributed by atoms with Crippen LogP contribution in [0.4, 0.5) is 0 Å². The van der Waals surface area contributed by atoms with Gasteiger partial charge in [0.05, 0.1) is 0 Å². The fourth-order valence-electron chi connectivity index (χ4n) is 14.3. The van der Waals surface area contributed by atoms with Crippen molar-refractivity contribution in [2.24, 2.45) is 105 Å². The predicted octanol–water partition coefficient (Wildman–Crippen LogP) is 10.1. The molecule has 0 saturated heterocycles. The monoisotopic (exact) mass is 482 g/mol. The van der Waals surface area contributed by atoms with E-state index in [9.17, 15) is 0 Å². The molecule has 16 unspecified atom stereocenters. The fourth-order valence-corrected chi connectivity index (χ4v) is 14.3. The van der Waals surface area contributed by atoms with Crippen LogP contribution in [0.1, 0.15) is 116 Å². The Hall–Kier alpha value is 0. The van der Waals surface area contributed by atoms with Crippen molar-refractivity contribution in [1.29, 1.82) is 0 Å². The molecule has 0 radical (unpaired) electrons. The number of hydrogen-bond acceptors (Lipinski definition) is 0. The molecule has 0 heteroatoms. The third kappa shape index (κ3) is 2.98. The Kier molecular flexibility index (Phi) is 6.27. The van der Waals surface area contributed by atoms with E-state index >= 15 is 0 Å². The highest BCUT2D eigenvalue weighted by Crippen LogP contribution is 2.89. The van der Waals surface area contributed by atoms with Crippen molar-refractivity contribution >= 4 is 0 Å². The van der Waals surface area contributed by atoms with Gasteiger partial charge in [0.2, 0.25) is 0 Å². The van der Waals surface area contributed by atoms with Gasteiger partial charge >= 0.3 is 0 Å². The van der Waals surface area contributed by atoms with Crippen LogP contribution in [0.3, 0.4) is 0 Å². The lowest BCUT2D eigenvalue weighted by Crippen LogP contribution is -2.65. The molecule has 5 fully saturated rings. The second-order valence-electron chi connectivity index (χ2n) is 16.6. The third-order valence-corrected chi connectivity index (χ3v) is 15.7. The first-order valence-electron chi connectivity index (χ1n) is 16.2. The Bertz CT molecular complexity index is 809. The summed E-state index contributed by atoms with van der Waals surface area (Å²) in [5.74, 6) is 13.6. The summed E-state index contributed by atoms with van der Waals surface area (Å²) in [5.41, 5.74) is 1.56. The number of fused-ring (bicyclic) bond motifs is 4. The van der Waals surface area contributed by atoms with Gasteiger partial charge in [-0.1, -0.05) is 96.4 Å². The average Bonchev–Trinajstić information content (AvgIpc) is 3.38. The number of rotatable bonds is 4. The van der Waals surface area contributed by atoms with Crippen molar-refractivity contribution < 1.29 is 0 Å². The van der Waals surface area contributed by atoms with Crippen molar-refractivity contribution in [1.82, 2.24) is 0 Å². The van der Waals surface area contributed by atoms with E-state index in [2.05, 4.69) is 90.0 Å². The highest BCUT2D eigenvalue weighted by atomic mass is 14.9. The summed E-state index contributed by atoms with van der Waals surface area (Å²) in [7, 11) is 0. The van der Waals surface area contributed by atoms with Gasteiger partial charge in [0.25, 0.3) is 0 Å². The van der Waals surface area contributed by atoms with Crippen molar-refractivity contribution in [3.63, 3.8) is 0 Å². The lowest BCUT2D eigenvalue weighted by molar-refractivity contribution is -0.226. The van der Waals surface area contributed by atoms with Crippen LogP contribution in [-0.2, 0) is 0 Å². The van der Waals surface area contributed by atoms with E-state index < -0.39 is 0 Å². The highest BCUT2D eigenvalue weighted by Gasteiger charge is 2.85. The van der Waals surface area contributed by atoms with Crippen LogP contribution in [-0.4, -0.2) is 0 Å². The molecule has 202 valence electrons. The molecule has 0 aromatic rings. The third-order valence-electron chi connectivity index (χ3n) is 15.7. The summed E-state index contributed by atoms with van der Waals surface area (Å²) in [4.78, 5) is 0. The quantitative estimate of drug-likeness (QED) is 0.374. The van der Waals surface area contributed by atoms with Gasteiger partial charge in [-0.2, -0.15) is 0 Å². The van der Waals surface area contributed by atoms with E-state index in [4.69, 9.17) is 0 Å². The zero-order chi connectivity index (χ0) is 26.0. The van der Waals surface area contributed by atoms with Crippen molar-refractivity contribution in [2.45, 2.75) is 116 Å². The maximum atomic E-state index is 2.84. The normalized spacial score (nSPS) is 61.3. The zero-order valence-corrected chi connectivity index (χ0v) is 26.0. The largest absolute Gasteiger partial charge is 0.0651 e. The molecule has 35 heavy (non-hydrogen) atoms.